The lowest BCUT2D eigenvalue weighted by atomic mass is 10.0. The number of hydrogen-bond acceptors (Lipinski definition) is 4. The molecule has 1 unspecified atom stereocenters. The molecule has 0 amide bonds. The molecule has 0 radical (unpaired) electrons. The maximum absolute atomic E-state index is 4.16. The van der Waals surface area contributed by atoms with E-state index >= 15 is 0 Å². The number of nitrogens with one attached hydrogen (secondary N) is 1. The SMILES string of the molecule is c1cc(C2NCCc3sccc32)sn1. The molecule has 0 spiro atoms. The Morgan fingerprint density at radius 1 is 1.43 bits per heavy atom. The molecule has 14 heavy (non-hydrogen) atoms. The van der Waals surface area contributed by atoms with Crippen molar-refractivity contribution < 1.29 is 0 Å². The van der Waals surface area contributed by atoms with Crippen LogP contribution < -0.4 is 5.32 Å². The number of rotatable bonds is 1. The third kappa shape index (κ3) is 1.30. The van der Waals surface area contributed by atoms with Gasteiger partial charge in [-0.3, -0.25) is 0 Å². The normalized spacial score (nSPS) is 20.7. The van der Waals surface area contributed by atoms with Gasteiger partial charge in [0.25, 0.3) is 0 Å². The molecule has 0 aliphatic carbocycles. The van der Waals surface area contributed by atoms with Crippen molar-refractivity contribution in [1.29, 1.82) is 0 Å². The molecule has 2 aromatic heterocycles. The van der Waals surface area contributed by atoms with Crippen molar-refractivity contribution in [1.82, 2.24) is 9.69 Å². The van der Waals surface area contributed by atoms with Crippen LogP contribution >= 0.6 is 22.9 Å². The maximum Gasteiger partial charge on any atom is 0.0698 e. The van der Waals surface area contributed by atoms with E-state index < -0.39 is 0 Å². The first kappa shape index (κ1) is 8.59. The van der Waals surface area contributed by atoms with Gasteiger partial charge in [0.15, 0.2) is 0 Å². The molecule has 1 atom stereocenters. The lowest BCUT2D eigenvalue weighted by Gasteiger charge is -2.22. The zero-order chi connectivity index (χ0) is 9.38. The molecule has 0 saturated heterocycles. The number of nitrogens with zero attached hydrogens (tertiary/aromatic N) is 1. The average Bonchev–Trinajstić information content (AvgIpc) is 2.88. The smallest absolute Gasteiger partial charge is 0.0698 e. The largest absolute Gasteiger partial charge is 0.305 e. The fourth-order valence-corrected chi connectivity index (χ4v) is 3.48. The van der Waals surface area contributed by atoms with Crippen molar-refractivity contribution in [2.24, 2.45) is 0 Å². The van der Waals surface area contributed by atoms with Crippen molar-refractivity contribution >= 4 is 22.9 Å². The van der Waals surface area contributed by atoms with Crippen LogP contribution in [-0.4, -0.2) is 10.9 Å². The molecule has 1 N–H and O–H groups in total. The zero-order valence-corrected chi connectivity index (χ0v) is 9.20. The van der Waals surface area contributed by atoms with E-state index in [1.807, 2.05) is 17.5 Å². The Balaban J connectivity index is 2.04. The lowest BCUT2D eigenvalue weighted by Crippen LogP contribution is -2.28. The van der Waals surface area contributed by atoms with Gasteiger partial charge in [0.2, 0.25) is 0 Å². The fraction of sp³-hybridized carbons (Fsp3) is 0.300. The highest BCUT2D eigenvalue weighted by molar-refractivity contribution is 7.10. The number of fused-ring (bicyclic) bond motifs is 1. The van der Waals surface area contributed by atoms with Gasteiger partial charge < -0.3 is 5.32 Å². The van der Waals surface area contributed by atoms with E-state index in [0.29, 0.717) is 6.04 Å². The standard InChI is InChI=1S/C10H10N2S2/c1-4-11-10(9-2-5-12-14-9)7-3-6-13-8(1)7/h2-3,5-6,10-11H,1,4H2. The summed E-state index contributed by atoms with van der Waals surface area (Å²) in [4.78, 5) is 2.85. The Bertz CT molecular complexity index is 419. The van der Waals surface area contributed by atoms with Crippen molar-refractivity contribution in [3.8, 4) is 0 Å². The molecular weight excluding hydrogens is 212 g/mol. The van der Waals surface area contributed by atoms with Crippen molar-refractivity contribution in [2.75, 3.05) is 6.54 Å². The quantitative estimate of drug-likeness (QED) is 0.801. The summed E-state index contributed by atoms with van der Waals surface area (Å²) in [7, 11) is 0. The van der Waals surface area contributed by atoms with Crippen LogP contribution in [0.1, 0.15) is 21.4 Å². The highest BCUT2D eigenvalue weighted by atomic mass is 32.1. The predicted molar refractivity (Wildman–Crippen MR) is 60.0 cm³/mol. The van der Waals surface area contributed by atoms with Gasteiger partial charge in [-0.1, -0.05) is 0 Å². The third-order valence-corrected chi connectivity index (χ3v) is 4.34. The second kappa shape index (κ2) is 3.46. The first-order valence-corrected chi connectivity index (χ1v) is 6.30. The van der Waals surface area contributed by atoms with E-state index in [0.717, 1.165) is 6.54 Å². The van der Waals surface area contributed by atoms with E-state index in [9.17, 15) is 0 Å². The van der Waals surface area contributed by atoms with Crippen LogP contribution in [0.3, 0.4) is 0 Å². The Hall–Kier alpha value is -0.710. The van der Waals surface area contributed by atoms with Crippen molar-refractivity contribution in [3.63, 3.8) is 0 Å². The van der Waals surface area contributed by atoms with E-state index in [1.54, 1.807) is 11.5 Å². The first-order chi connectivity index (χ1) is 6.95. The van der Waals surface area contributed by atoms with E-state index in [1.165, 1.54) is 21.7 Å². The van der Waals surface area contributed by atoms with Gasteiger partial charge in [0, 0.05) is 22.5 Å². The molecule has 0 bridgehead atoms. The first-order valence-electron chi connectivity index (χ1n) is 4.65. The van der Waals surface area contributed by atoms with Crippen molar-refractivity contribution in [3.05, 3.63) is 39.0 Å². The average molecular weight is 222 g/mol. The van der Waals surface area contributed by atoms with Gasteiger partial charge in [-0.15, -0.1) is 11.3 Å². The summed E-state index contributed by atoms with van der Waals surface area (Å²) in [6, 6.07) is 4.73. The summed E-state index contributed by atoms with van der Waals surface area (Å²) in [6.45, 7) is 1.08. The summed E-state index contributed by atoms with van der Waals surface area (Å²) >= 11 is 3.46. The molecule has 0 fully saturated rings. The monoisotopic (exact) mass is 222 g/mol. The molecule has 0 saturated carbocycles. The minimum absolute atomic E-state index is 0.387. The van der Waals surface area contributed by atoms with Crippen LogP contribution in [0.5, 0.6) is 0 Å². The van der Waals surface area contributed by atoms with Gasteiger partial charge in [-0.2, -0.15) is 0 Å². The van der Waals surface area contributed by atoms with Crippen LogP contribution in [0.15, 0.2) is 23.7 Å². The van der Waals surface area contributed by atoms with Gasteiger partial charge >= 0.3 is 0 Å². The molecule has 3 rings (SSSR count). The Morgan fingerprint density at radius 3 is 3.29 bits per heavy atom. The van der Waals surface area contributed by atoms with Crippen LogP contribution in [0.2, 0.25) is 0 Å². The summed E-state index contributed by atoms with van der Waals surface area (Å²) in [6.07, 6.45) is 3.05. The van der Waals surface area contributed by atoms with Crippen LogP contribution in [0.4, 0.5) is 0 Å². The van der Waals surface area contributed by atoms with E-state index in [4.69, 9.17) is 0 Å². The summed E-state index contributed by atoms with van der Waals surface area (Å²) in [5.41, 5.74) is 1.45. The number of thiophene rings is 1. The second-order valence-electron chi connectivity index (χ2n) is 3.35. The van der Waals surface area contributed by atoms with Crippen LogP contribution in [-0.2, 0) is 6.42 Å². The predicted octanol–water partition coefficient (Wildman–Crippen LogP) is 2.44. The van der Waals surface area contributed by atoms with Gasteiger partial charge in [-0.05, 0) is 41.0 Å². The molecule has 3 heterocycles. The topological polar surface area (TPSA) is 24.9 Å². The Labute approximate surface area is 90.8 Å². The van der Waals surface area contributed by atoms with Crippen molar-refractivity contribution in [2.45, 2.75) is 12.5 Å². The lowest BCUT2D eigenvalue weighted by molar-refractivity contribution is 0.582. The molecule has 2 nitrogen and oxygen atoms in total. The zero-order valence-electron chi connectivity index (χ0n) is 7.56. The summed E-state index contributed by atoms with van der Waals surface area (Å²) < 4.78 is 4.16. The highest BCUT2D eigenvalue weighted by Crippen LogP contribution is 2.33. The Kier molecular flexibility index (Phi) is 2.12. The second-order valence-corrected chi connectivity index (χ2v) is 5.22. The van der Waals surface area contributed by atoms with Crippen LogP contribution in [0, 0.1) is 0 Å². The molecule has 1 aliphatic rings. The van der Waals surface area contributed by atoms with E-state index in [-0.39, 0.29) is 0 Å². The molecular formula is C10H10N2S2. The van der Waals surface area contributed by atoms with E-state index in [2.05, 4.69) is 27.2 Å². The highest BCUT2D eigenvalue weighted by Gasteiger charge is 2.22. The van der Waals surface area contributed by atoms with Gasteiger partial charge in [0.05, 0.1) is 6.04 Å². The summed E-state index contributed by atoms with van der Waals surface area (Å²) in [5, 5.41) is 5.73. The molecule has 1 aliphatic heterocycles. The number of aromatic nitrogens is 1. The minimum Gasteiger partial charge on any atom is -0.305 e. The van der Waals surface area contributed by atoms with Crippen LogP contribution in [0.25, 0.3) is 0 Å². The van der Waals surface area contributed by atoms with Gasteiger partial charge in [0.1, 0.15) is 0 Å². The summed E-state index contributed by atoms with van der Waals surface area (Å²) in [5.74, 6) is 0. The number of hydrogen-bond donors (Lipinski definition) is 1. The molecule has 4 heteroatoms. The fourth-order valence-electron chi connectivity index (χ4n) is 1.88. The molecule has 0 aromatic carbocycles. The third-order valence-electron chi connectivity index (χ3n) is 2.53. The molecule has 2 aromatic rings. The molecule has 72 valence electrons. The maximum atomic E-state index is 4.16. The Morgan fingerprint density at radius 2 is 2.43 bits per heavy atom. The minimum atomic E-state index is 0.387. The van der Waals surface area contributed by atoms with Gasteiger partial charge in [-0.25, -0.2) is 4.37 Å².